The first-order valence-corrected chi connectivity index (χ1v) is 15.3. The average molecular weight is 608 g/mol. The number of oxazole rings is 1. The number of pyridine rings is 2. The largest absolute Gasteiger partial charge is 0.436 e. The van der Waals surface area contributed by atoms with Crippen molar-refractivity contribution in [3.63, 3.8) is 0 Å². The lowest BCUT2D eigenvalue weighted by Gasteiger charge is -2.39. The van der Waals surface area contributed by atoms with Crippen LogP contribution in [0.3, 0.4) is 0 Å². The second kappa shape index (κ2) is 11.4. The fraction of sp³-hybridized carbons (Fsp3) is 0.286. The van der Waals surface area contributed by atoms with Gasteiger partial charge in [-0.3, -0.25) is 9.88 Å². The van der Waals surface area contributed by atoms with E-state index in [0.717, 1.165) is 47.1 Å². The van der Waals surface area contributed by atoms with Gasteiger partial charge in [-0.25, -0.2) is 9.97 Å². The van der Waals surface area contributed by atoms with Gasteiger partial charge in [0.25, 0.3) is 0 Å². The van der Waals surface area contributed by atoms with Gasteiger partial charge in [-0.1, -0.05) is 54.9 Å². The maximum atomic E-state index is 9.96. The minimum absolute atomic E-state index is 0.143. The van der Waals surface area contributed by atoms with Gasteiger partial charge in [-0.05, 0) is 71.5 Å². The summed E-state index contributed by atoms with van der Waals surface area (Å²) >= 11 is 6.61. The first kappa shape index (κ1) is 28.7. The predicted octanol–water partition coefficient (Wildman–Crippen LogP) is 6.39. The first-order chi connectivity index (χ1) is 21.3. The molecule has 1 aliphatic heterocycles. The van der Waals surface area contributed by atoms with E-state index in [0.29, 0.717) is 39.9 Å². The molecule has 7 rings (SSSR count). The molecule has 2 unspecified atom stereocenters. The normalized spacial score (nSPS) is 22.2. The number of allylic oxidation sites excluding steroid dienone is 2. The van der Waals surface area contributed by atoms with Crippen LogP contribution in [0.1, 0.15) is 41.5 Å². The molecule has 3 atom stereocenters. The summed E-state index contributed by atoms with van der Waals surface area (Å²) in [6.07, 6.45) is 10.5. The van der Waals surface area contributed by atoms with Gasteiger partial charge >= 0.3 is 0 Å². The van der Waals surface area contributed by atoms with Crippen molar-refractivity contribution in [3.05, 3.63) is 112 Å². The summed E-state index contributed by atoms with van der Waals surface area (Å²) in [6.45, 7) is 6.41. The van der Waals surface area contributed by atoms with E-state index >= 15 is 0 Å². The van der Waals surface area contributed by atoms with Gasteiger partial charge in [-0.15, -0.1) is 0 Å². The van der Waals surface area contributed by atoms with Crippen LogP contribution in [-0.2, 0) is 18.7 Å². The molecule has 224 valence electrons. The molecule has 4 heterocycles. The summed E-state index contributed by atoms with van der Waals surface area (Å²) < 4.78 is 6.47. The van der Waals surface area contributed by atoms with Gasteiger partial charge in [0.05, 0.1) is 17.7 Å². The minimum atomic E-state index is -0.943. The number of aromatic nitrogens is 3. The maximum Gasteiger partial charge on any atom is 0.226 e. The van der Waals surface area contributed by atoms with E-state index in [1.807, 2.05) is 24.4 Å². The summed E-state index contributed by atoms with van der Waals surface area (Å²) in [6, 6.07) is 16.0. The number of aliphatic hydroxyl groups is 2. The number of anilines is 1. The molecule has 44 heavy (non-hydrogen) atoms. The molecule has 9 heteroatoms. The molecule has 0 radical (unpaired) electrons. The van der Waals surface area contributed by atoms with E-state index in [2.05, 4.69) is 60.5 Å². The second-order valence-electron chi connectivity index (χ2n) is 11.9. The van der Waals surface area contributed by atoms with Crippen LogP contribution in [0, 0.1) is 12.8 Å². The summed E-state index contributed by atoms with van der Waals surface area (Å²) in [5.41, 5.74) is 6.03. The van der Waals surface area contributed by atoms with E-state index in [9.17, 15) is 10.2 Å². The Morgan fingerprint density at radius 2 is 2.00 bits per heavy atom. The molecule has 2 aliphatic rings. The van der Waals surface area contributed by atoms with Gasteiger partial charge in [0, 0.05) is 43.3 Å². The Kier molecular flexibility index (Phi) is 7.46. The van der Waals surface area contributed by atoms with Crippen LogP contribution in [-0.4, -0.2) is 49.3 Å². The molecule has 3 aromatic heterocycles. The smallest absolute Gasteiger partial charge is 0.226 e. The summed E-state index contributed by atoms with van der Waals surface area (Å²) in [4.78, 5) is 16.8. The van der Waals surface area contributed by atoms with Crippen molar-refractivity contribution in [1.29, 1.82) is 0 Å². The van der Waals surface area contributed by atoms with Crippen LogP contribution < -0.4 is 5.32 Å². The number of rotatable bonds is 7. The standard InChI is InChI=1S/C35H34ClN5O3/c1-21-6-3-4-7-27(21)28-8-5-11-35(22(28)2,34-39-30-16-23(20-42)15-29(36)32(30)44-34)40-33-31-25(9-12-37-33)14-24(17-38-31)18-41-13-10-26(43)19-41/h3-9,11-12,14-17,22,26,42-43H,10,13,18-20H2,1-2H3,(H,37,40)/t22?,26-,35?/m1/s1. The van der Waals surface area contributed by atoms with Crippen molar-refractivity contribution in [2.24, 2.45) is 5.92 Å². The van der Waals surface area contributed by atoms with Crippen LogP contribution in [0.5, 0.6) is 0 Å². The van der Waals surface area contributed by atoms with Crippen LogP contribution >= 0.6 is 11.6 Å². The van der Waals surface area contributed by atoms with E-state index in [4.69, 9.17) is 31.0 Å². The molecule has 0 amide bonds. The number of nitrogens with zero attached hydrogens (tertiary/aromatic N) is 4. The Labute approximate surface area is 260 Å². The van der Waals surface area contributed by atoms with E-state index in [-0.39, 0.29) is 18.6 Å². The molecule has 1 fully saturated rings. The number of benzene rings is 2. The second-order valence-corrected chi connectivity index (χ2v) is 12.3. The van der Waals surface area contributed by atoms with E-state index < -0.39 is 5.54 Å². The van der Waals surface area contributed by atoms with E-state index in [1.54, 1.807) is 18.3 Å². The lowest BCUT2D eigenvalue weighted by atomic mass is 9.73. The fourth-order valence-corrected chi connectivity index (χ4v) is 6.80. The third-order valence-corrected chi connectivity index (χ3v) is 9.20. The molecule has 3 N–H and O–H groups in total. The summed E-state index contributed by atoms with van der Waals surface area (Å²) in [5.74, 6) is 0.906. The highest BCUT2D eigenvalue weighted by Gasteiger charge is 2.45. The zero-order valence-corrected chi connectivity index (χ0v) is 25.4. The van der Waals surface area contributed by atoms with Crippen LogP contribution in [0.25, 0.3) is 27.6 Å². The molecule has 1 aliphatic carbocycles. The quantitative estimate of drug-likeness (QED) is 0.195. The molecule has 0 saturated carbocycles. The van der Waals surface area contributed by atoms with Crippen LogP contribution in [0.2, 0.25) is 5.02 Å². The van der Waals surface area contributed by atoms with Gasteiger partial charge in [0.2, 0.25) is 5.89 Å². The predicted molar refractivity (Wildman–Crippen MR) is 173 cm³/mol. The highest BCUT2D eigenvalue weighted by atomic mass is 35.5. The Bertz CT molecular complexity index is 1930. The topological polar surface area (TPSA) is 108 Å². The number of likely N-dealkylation sites (tertiary alicyclic amines) is 1. The number of β-amino-alcohol motifs (C(OH)–C–C–N with tert-alkyl or cyclic N) is 1. The number of hydrogen-bond acceptors (Lipinski definition) is 8. The average Bonchev–Trinajstić information content (AvgIpc) is 3.65. The first-order valence-electron chi connectivity index (χ1n) is 14.9. The third kappa shape index (κ3) is 5.08. The molecule has 0 spiro atoms. The maximum absolute atomic E-state index is 9.96. The molecule has 0 bridgehead atoms. The van der Waals surface area contributed by atoms with Gasteiger partial charge in [0.1, 0.15) is 16.6 Å². The van der Waals surface area contributed by atoms with Gasteiger partial charge in [-0.2, -0.15) is 0 Å². The van der Waals surface area contributed by atoms with Crippen molar-refractivity contribution in [2.75, 3.05) is 18.4 Å². The Hall–Kier alpha value is -4.08. The number of nitrogens with one attached hydrogen (secondary N) is 1. The fourth-order valence-electron chi connectivity index (χ4n) is 6.53. The molecular weight excluding hydrogens is 574 g/mol. The Balaban J connectivity index is 1.34. The monoisotopic (exact) mass is 607 g/mol. The van der Waals surface area contributed by atoms with E-state index in [1.165, 1.54) is 5.56 Å². The molecular formula is C35H34ClN5O3. The molecule has 1 saturated heterocycles. The third-order valence-electron chi connectivity index (χ3n) is 8.92. The molecule has 8 nitrogen and oxygen atoms in total. The molecule has 5 aromatic rings. The van der Waals surface area contributed by atoms with Crippen molar-refractivity contribution >= 4 is 45.0 Å². The lowest BCUT2D eigenvalue weighted by molar-refractivity contribution is 0.175. The summed E-state index contributed by atoms with van der Waals surface area (Å²) in [7, 11) is 0. The zero-order chi connectivity index (χ0) is 30.4. The van der Waals surface area contributed by atoms with Crippen molar-refractivity contribution in [3.8, 4) is 0 Å². The molecule has 2 aromatic carbocycles. The van der Waals surface area contributed by atoms with Crippen molar-refractivity contribution in [2.45, 2.75) is 45.1 Å². The van der Waals surface area contributed by atoms with Gasteiger partial charge in [0.15, 0.2) is 11.4 Å². The van der Waals surface area contributed by atoms with Crippen LogP contribution in [0.4, 0.5) is 5.82 Å². The van der Waals surface area contributed by atoms with Crippen molar-refractivity contribution in [1.82, 2.24) is 19.9 Å². The SMILES string of the molecule is Cc1ccccc1C1=CC=CC(Nc2nccc3cc(CN4CC[C@@H](O)C4)cnc23)(c2nc3cc(CO)cc(Cl)c3o2)C1C. The Morgan fingerprint density at radius 1 is 1.14 bits per heavy atom. The number of aliphatic hydroxyl groups excluding tert-OH is 2. The number of fused-ring (bicyclic) bond motifs is 2. The Morgan fingerprint density at radius 3 is 2.80 bits per heavy atom. The zero-order valence-electron chi connectivity index (χ0n) is 24.7. The van der Waals surface area contributed by atoms with Crippen molar-refractivity contribution < 1.29 is 14.6 Å². The number of halogens is 1. The van der Waals surface area contributed by atoms with Gasteiger partial charge < -0.3 is 19.9 Å². The van der Waals surface area contributed by atoms with Crippen LogP contribution in [0.15, 0.2) is 83.6 Å². The minimum Gasteiger partial charge on any atom is -0.436 e. The summed E-state index contributed by atoms with van der Waals surface area (Å²) in [5, 5.41) is 24.8. The highest BCUT2D eigenvalue weighted by Crippen LogP contribution is 2.46. The number of hydrogen-bond donors (Lipinski definition) is 3. The number of aryl methyl sites for hydroxylation is 1. The highest BCUT2D eigenvalue weighted by molar-refractivity contribution is 6.34. The lowest BCUT2D eigenvalue weighted by Crippen LogP contribution is -2.42.